The second-order valence-corrected chi connectivity index (χ2v) is 8.91. The fourth-order valence-corrected chi connectivity index (χ4v) is 4.54. The Labute approximate surface area is 202 Å². The molecule has 2 fully saturated rings. The number of fused-ring (bicyclic) bond motifs is 1. The number of nitrogens with zero attached hydrogens (tertiary/aromatic N) is 5. The number of aromatic nitrogens is 3. The maximum Gasteiger partial charge on any atom is 0.269 e. The summed E-state index contributed by atoms with van der Waals surface area (Å²) in [5, 5.41) is 15.6. The normalized spacial score (nSPS) is 22.0. The number of hydrogen-bond donors (Lipinski definition) is 2. The van der Waals surface area contributed by atoms with Gasteiger partial charge in [0.25, 0.3) is 11.8 Å². The lowest BCUT2D eigenvalue weighted by Crippen LogP contribution is -2.37. The van der Waals surface area contributed by atoms with E-state index in [1.54, 1.807) is 43.2 Å². The van der Waals surface area contributed by atoms with E-state index in [2.05, 4.69) is 26.8 Å². The van der Waals surface area contributed by atoms with Crippen molar-refractivity contribution in [2.75, 3.05) is 38.7 Å². The Bertz CT molecular complexity index is 1390. The number of hydrogen-bond acceptors (Lipinski definition) is 7. The number of likely N-dealkylation sites (tertiary alicyclic amines) is 1. The molecule has 2 aromatic heterocycles. The average molecular weight is 475 g/mol. The van der Waals surface area contributed by atoms with Crippen molar-refractivity contribution in [3.8, 4) is 17.5 Å². The monoisotopic (exact) mass is 474 g/mol. The molecule has 0 bridgehead atoms. The van der Waals surface area contributed by atoms with Crippen molar-refractivity contribution in [1.82, 2.24) is 19.7 Å². The van der Waals surface area contributed by atoms with Crippen LogP contribution in [0.1, 0.15) is 28.9 Å². The number of rotatable bonds is 4. The zero-order valence-corrected chi connectivity index (χ0v) is 19.6. The van der Waals surface area contributed by atoms with Gasteiger partial charge in [0.05, 0.1) is 22.7 Å². The molecule has 10 heteroatoms. The van der Waals surface area contributed by atoms with Gasteiger partial charge in [-0.3, -0.25) is 9.59 Å². The third-order valence-corrected chi connectivity index (χ3v) is 6.60. The first-order valence-electron chi connectivity index (χ1n) is 11.4. The van der Waals surface area contributed by atoms with Gasteiger partial charge in [0.1, 0.15) is 5.82 Å². The molecule has 0 saturated carbocycles. The van der Waals surface area contributed by atoms with Gasteiger partial charge in [-0.1, -0.05) is 17.9 Å². The van der Waals surface area contributed by atoms with Crippen LogP contribution < -0.4 is 10.6 Å². The Morgan fingerprint density at radius 3 is 2.83 bits per heavy atom. The van der Waals surface area contributed by atoms with E-state index in [0.29, 0.717) is 28.7 Å². The lowest BCUT2D eigenvalue weighted by molar-refractivity contribution is -0.137. The number of carbonyl (C=O) groups is 2. The molecule has 2 amide bonds. The number of anilines is 1. The maximum absolute atomic E-state index is 12.2. The number of aliphatic hydroxyl groups is 1. The Morgan fingerprint density at radius 2 is 2.14 bits per heavy atom. The summed E-state index contributed by atoms with van der Waals surface area (Å²) in [6.07, 6.45) is 2.94. The van der Waals surface area contributed by atoms with Crippen LogP contribution in [0.3, 0.4) is 0 Å². The summed E-state index contributed by atoms with van der Waals surface area (Å²) in [4.78, 5) is 32.5. The highest BCUT2D eigenvalue weighted by Crippen LogP contribution is 2.28. The van der Waals surface area contributed by atoms with Crippen LogP contribution in [-0.2, 0) is 9.53 Å². The van der Waals surface area contributed by atoms with Crippen molar-refractivity contribution in [1.29, 1.82) is 0 Å². The third kappa shape index (κ3) is 4.09. The van der Waals surface area contributed by atoms with E-state index >= 15 is 0 Å². The van der Waals surface area contributed by atoms with Crippen molar-refractivity contribution < 1.29 is 19.4 Å². The predicted molar refractivity (Wildman–Crippen MR) is 129 cm³/mol. The van der Waals surface area contributed by atoms with E-state index in [9.17, 15) is 14.7 Å². The smallest absolute Gasteiger partial charge is 0.269 e. The summed E-state index contributed by atoms with van der Waals surface area (Å²) < 4.78 is 7.11. The highest BCUT2D eigenvalue weighted by Gasteiger charge is 2.42. The standard InChI is InChI=1S/C25H26N6O4/c1-29-11-9-25(34,24(29)33)8-6-16-4-3-5-17(12-16)31-20-13-21(30-10-7-18(15-30)35-2)27-14-19(20)22(28-31)23(26)32/h3-5,12-14,18,34H,7,9-11,15H2,1-2H3,(H2,26,32)/t18-,25+/m1/s1. The first-order chi connectivity index (χ1) is 16.8. The van der Waals surface area contributed by atoms with Gasteiger partial charge < -0.3 is 25.4 Å². The summed E-state index contributed by atoms with van der Waals surface area (Å²) in [6, 6.07) is 9.10. The minimum Gasteiger partial charge on any atom is -0.380 e. The quantitative estimate of drug-likeness (QED) is 0.533. The molecule has 0 unspecified atom stereocenters. The highest BCUT2D eigenvalue weighted by molar-refractivity contribution is 6.04. The number of likely N-dealkylation sites (N-methyl/N-ethyl adjacent to an activating group) is 1. The minimum atomic E-state index is -1.68. The van der Waals surface area contributed by atoms with Gasteiger partial charge >= 0.3 is 0 Å². The Kier molecular flexibility index (Phi) is 5.67. The highest BCUT2D eigenvalue weighted by atomic mass is 16.5. The van der Waals surface area contributed by atoms with Crippen LogP contribution in [0.2, 0.25) is 0 Å². The average Bonchev–Trinajstić information content (AvgIpc) is 3.56. The lowest BCUT2D eigenvalue weighted by Gasteiger charge is -2.17. The van der Waals surface area contributed by atoms with E-state index in [4.69, 9.17) is 10.5 Å². The van der Waals surface area contributed by atoms with Crippen LogP contribution >= 0.6 is 0 Å². The maximum atomic E-state index is 12.2. The topological polar surface area (TPSA) is 127 Å². The van der Waals surface area contributed by atoms with Crippen molar-refractivity contribution in [3.05, 3.63) is 47.8 Å². The van der Waals surface area contributed by atoms with Gasteiger partial charge in [-0.05, 0) is 24.6 Å². The van der Waals surface area contributed by atoms with Gasteiger partial charge in [0.2, 0.25) is 5.60 Å². The fraction of sp³-hybridized carbons (Fsp3) is 0.360. The van der Waals surface area contributed by atoms with Crippen LogP contribution in [0.15, 0.2) is 36.5 Å². The van der Waals surface area contributed by atoms with Gasteiger partial charge in [-0.15, -0.1) is 0 Å². The van der Waals surface area contributed by atoms with E-state index in [1.165, 1.54) is 4.90 Å². The second kappa shape index (κ2) is 8.69. The van der Waals surface area contributed by atoms with Gasteiger partial charge in [0, 0.05) is 58.0 Å². The molecular weight excluding hydrogens is 448 g/mol. The third-order valence-electron chi connectivity index (χ3n) is 6.60. The number of ether oxygens (including phenoxy) is 1. The first-order valence-corrected chi connectivity index (χ1v) is 11.4. The lowest BCUT2D eigenvalue weighted by atomic mass is 10.0. The van der Waals surface area contributed by atoms with E-state index in [0.717, 1.165) is 25.3 Å². The Morgan fingerprint density at radius 1 is 1.31 bits per heavy atom. The zero-order valence-electron chi connectivity index (χ0n) is 19.6. The molecule has 2 saturated heterocycles. The van der Waals surface area contributed by atoms with Crippen LogP contribution in [0.4, 0.5) is 5.82 Å². The van der Waals surface area contributed by atoms with Gasteiger partial charge in [-0.25, -0.2) is 9.67 Å². The van der Waals surface area contributed by atoms with Gasteiger partial charge in [0.15, 0.2) is 5.69 Å². The van der Waals surface area contributed by atoms with Crippen LogP contribution in [0, 0.1) is 11.8 Å². The number of carbonyl (C=O) groups excluding carboxylic acids is 2. The number of pyridine rings is 1. The van der Waals surface area contributed by atoms with Gasteiger partial charge in [-0.2, -0.15) is 5.10 Å². The van der Waals surface area contributed by atoms with Crippen molar-refractivity contribution in [2.45, 2.75) is 24.5 Å². The summed E-state index contributed by atoms with van der Waals surface area (Å²) in [7, 11) is 3.34. The molecule has 0 aliphatic carbocycles. The molecule has 1 aromatic carbocycles. The molecule has 5 rings (SSSR count). The Balaban J connectivity index is 1.54. The van der Waals surface area contributed by atoms with E-state index < -0.39 is 17.4 Å². The summed E-state index contributed by atoms with van der Waals surface area (Å²) >= 11 is 0. The molecule has 10 nitrogen and oxygen atoms in total. The van der Waals surface area contributed by atoms with Crippen molar-refractivity contribution in [3.63, 3.8) is 0 Å². The number of primary amides is 1. The fourth-order valence-electron chi connectivity index (χ4n) is 4.54. The molecule has 2 aliphatic rings. The summed E-state index contributed by atoms with van der Waals surface area (Å²) in [6.45, 7) is 2.00. The second-order valence-electron chi connectivity index (χ2n) is 8.91. The number of nitrogens with two attached hydrogens (primary N) is 1. The molecule has 2 atom stereocenters. The van der Waals surface area contributed by atoms with E-state index in [-0.39, 0.29) is 18.2 Å². The molecule has 180 valence electrons. The molecule has 0 spiro atoms. The largest absolute Gasteiger partial charge is 0.380 e. The molecule has 2 aliphatic heterocycles. The van der Waals surface area contributed by atoms with Crippen molar-refractivity contribution in [2.24, 2.45) is 5.73 Å². The number of benzene rings is 1. The SMILES string of the molecule is CO[C@@H]1CCN(c2cc3c(cn2)c(C(N)=O)nn3-c2cccc(C#C[C@]3(O)CCN(C)C3=O)c2)C1. The van der Waals surface area contributed by atoms with Crippen molar-refractivity contribution >= 4 is 28.5 Å². The van der Waals surface area contributed by atoms with Crippen LogP contribution in [-0.4, -0.2) is 82.1 Å². The molecule has 0 radical (unpaired) electrons. The zero-order chi connectivity index (χ0) is 24.7. The Hall–Kier alpha value is -3.94. The number of methoxy groups -OCH3 is 1. The molecular formula is C25H26N6O4. The molecule has 4 heterocycles. The summed E-state index contributed by atoms with van der Waals surface area (Å²) in [5.74, 6) is 5.36. The van der Waals surface area contributed by atoms with Crippen LogP contribution in [0.5, 0.6) is 0 Å². The summed E-state index contributed by atoms with van der Waals surface area (Å²) in [5.41, 5.74) is 5.98. The van der Waals surface area contributed by atoms with E-state index in [1.807, 2.05) is 12.1 Å². The first kappa shape index (κ1) is 22.8. The molecule has 35 heavy (non-hydrogen) atoms. The minimum absolute atomic E-state index is 0.126. The molecule has 3 N–H and O–H groups in total. The number of amides is 2. The molecule has 3 aromatic rings. The van der Waals surface area contributed by atoms with Crippen LogP contribution in [0.25, 0.3) is 16.6 Å². The predicted octanol–water partition coefficient (Wildman–Crippen LogP) is 0.689.